The Kier molecular flexibility index (Phi) is 5.49. The van der Waals surface area contributed by atoms with Gasteiger partial charge in [0, 0.05) is 23.8 Å². The molecule has 160 valence electrons. The number of amides is 1. The van der Waals surface area contributed by atoms with Crippen LogP contribution in [0.1, 0.15) is 42.4 Å². The molecular formula is C23H28N2O4S. The minimum absolute atomic E-state index is 0.135. The summed E-state index contributed by atoms with van der Waals surface area (Å²) in [6.07, 6.45) is 4.95. The van der Waals surface area contributed by atoms with Gasteiger partial charge >= 0.3 is 0 Å². The SMILES string of the molecule is COc1c(C)cc(S(=O)(=O)Nc2ccc3c(c2)CCN3C(=O)C2CCCC2)cc1C. The molecular weight excluding hydrogens is 400 g/mol. The summed E-state index contributed by atoms with van der Waals surface area (Å²) in [5.74, 6) is 1.04. The van der Waals surface area contributed by atoms with Crippen molar-refractivity contribution in [3.05, 3.63) is 47.0 Å². The summed E-state index contributed by atoms with van der Waals surface area (Å²) in [6.45, 7) is 4.32. The van der Waals surface area contributed by atoms with Crippen molar-refractivity contribution in [1.29, 1.82) is 0 Å². The number of benzene rings is 2. The second-order valence-corrected chi connectivity index (χ2v) is 9.94. The number of carbonyl (C=O) groups excluding carboxylic acids is 1. The molecule has 0 spiro atoms. The molecule has 0 atom stereocenters. The van der Waals surface area contributed by atoms with E-state index in [2.05, 4.69) is 4.72 Å². The number of nitrogens with one attached hydrogen (secondary N) is 1. The Morgan fingerprint density at radius 3 is 2.40 bits per heavy atom. The second kappa shape index (κ2) is 7.95. The molecule has 1 amide bonds. The summed E-state index contributed by atoms with van der Waals surface area (Å²) in [4.78, 5) is 14.9. The van der Waals surface area contributed by atoms with Crippen LogP contribution in [-0.2, 0) is 21.2 Å². The molecule has 1 saturated carbocycles. The molecule has 7 heteroatoms. The first-order valence-corrected chi connectivity index (χ1v) is 11.9. The van der Waals surface area contributed by atoms with Crippen LogP contribution < -0.4 is 14.4 Å². The molecule has 0 saturated heterocycles. The van der Waals surface area contributed by atoms with Crippen molar-refractivity contribution < 1.29 is 17.9 Å². The van der Waals surface area contributed by atoms with Gasteiger partial charge < -0.3 is 9.64 Å². The fourth-order valence-corrected chi connectivity index (χ4v) is 5.91. The van der Waals surface area contributed by atoms with Gasteiger partial charge in [-0.2, -0.15) is 0 Å². The lowest BCUT2D eigenvalue weighted by Crippen LogP contribution is -2.33. The molecule has 6 nitrogen and oxygen atoms in total. The third kappa shape index (κ3) is 3.78. The maximum atomic E-state index is 12.9. The highest BCUT2D eigenvalue weighted by Gasteiger charge is 2.32. The van der Waals surface area contributed by atoms with Crippen molar-refractivity contribution in [1.82, 2.24) is 0 Å². The van der Waals surface area contributed by atoms with E-state index in [9.17, 15) is 13.2 Å². The van der Waals surface area contributed by atoms with Gasteiger partial charge in [-0.3, -0.25) is 9.52 Å². The van der Waals surface area contributed by atoms with Crippen molar-refractivity contribution in [3.8, 4) is 5.75 Å². The Labute approximate surface area is 178 Å². The Bertz CT molecular complexity index is 1070. The van der Waals surface area contributed by atoms with Crippen molar-refractivity contribution in [2.24, 2.45) is 5.92 Å². The van der Waals surface area contributed by atoms with Crippen LogP contribution in [0.4, 0.5) is 11.4 Å². The Morgan fingerprint density at radius 2 is 1.77 bits per heavy atom. The molecule has 4 rings (SSSR count). The quantitative estimate of drug-likeness (QED) is 0.775. The van der Waals surface area contributed by atoms with Crippen molar-refractivity contribution in [3.63, 3.8) is 0 Å². The van der Waals surface area contributed by atoms with Gasteiger partial charge in [-0.15, -0.1) is 0 Å². The summed E-state index contributed by atoms with van der Waals surface area (Å²) in [6, 6.07) is 8.67. The van der Waals surface area contributed by atoms with E-state index in [4.69, 9.17) is 4.74 Å². The van der Waals surface area contributed by atoms with Gasteiger partial charge in [-0.1, -0.05) is 12.8 Å². The monoisotopic (exact) mass is 428 g/mol. The van der Waals surface area contributed by atoms with Crippen LogP contribution in [0.25, 0.3) is 0 Å². The number of fused-ring (bicyclic) bond motifs is 1. The lowest BCUT2D eigenvalue weighted by Gasteiger charge is -2.21. The zero-order chi connectivity index (χ0) is 21.5. The minimum atomic E-state index is -3.73. The molecule has 0 radical (unpaired) electrons. The molecule has 0 bridgehead atoms. The van der Waals surface area contributed by atoms with Gasteiger partial charge in [0.25, 0.3) is 10.0 Å². The minimum Gasteiger partial charge on any atom is -0.496 e. The molecule has 2 aromatic rings. The van der Waals surface area contributed by atoms with Crippen LogP contribution in [0, 0.1) is 19.8 Å². The van der Waals surface area contributed by atoms with Gasteiger partial charge in [0.15, 0.2) is 0 Å². The first-order chi connectivity index (χ1) is 14.3. The summed E-state index contributed by atoms with van der Waals surface area (Å²) >= 11 is 0. The van der Waals surface area contributed by atoms with E-state index < -0.39 is 10.0 Å². The Balaban J connectivity index is 1.56. The molecule has 0 aromatic heterocycles. The molecule has 2 aliphatic rings. The highest BCUT2D eigenvalue weighted by atomic mass is 32.2. The smallest absolute Gasteiger partial charge is 0.261 e. The normalized spacial score (nSPS) is 16.6. The average Bonchev–Trinajstić information content (AvgIpc) is 3.37. The zero-order valence-electron chi connectivity index (χ0n) is 17.7. The van der Waals surface area contributed by atoms with E-state index in [-0.39, 0.29) is 16.7 Å². The highest BCUT2D eigenvalue weighted by molar-refractivity contribution is 7.92. The summed E-state index contributed by atoms with van der Waals surface area (Å²) in [5.41, 5.74) is 3.96. The van der Waals surface area contributed by atoms with E-state index in [1.807, 2.05) is 30.9 Å². The topological polar surface area (TPSA) is 75.7 Å². The first-order valence-electron chi connectivity index (χ1n) is 10.4. The van der Waals surface area contributed by atoms with E-state index in [1.165, 1.54) is 0 Å². The van der Waals surface area contributed by atoms with Crippen molar-refractivity contribution in [2.45, 2.75) is 50.8 Å². The van der Waals surface area contributed by atoms with E-state index in [0.29, 0.717) is 18.0 Å². The number of hydrogen-bond acceptors (Lipinski definition) is 4. The molecule has 1 aliphatic heterocycles. The molecule has 30 heavy (non-hydrogen) atoms. The first kappa shape index (κ1) is 20.7. The number of anilines is 2. The molecule has 1 N–H and O–H groups in total. The van der Waals surface area contributed by atoms with Crippen LogP contribution in [0.2, 0.25) is 0 Å². The van der Waals surface area contributed by atoms with Gasteiger partial charge in [-0.25, -0.2) is 8.42 Å². The average molecular weight is 429 g/mol. The van der Waals surface area contributed by atoms with Crippen molar-refractivity contribution in [2.75, 3.05) is 23.3 Å². The second-order valence-electron chi connectivity index (χ2n) is 8.26. The maximum Gasteiger partial charge on any atom is 0.261 e. The number of ether oxygens (including phenoxy) is 1. The van der Waals surface area contributed by atoms with Gasteiger partial charge in [0.2, 0.25) is 5.91 Å². The summed E-state index contributed by atoms with van der Waals surface area (Å²) < 4.78 is 33.9. The summed E-state index contributed by atoms with van der Waals surface area (Å²) in [5, 5.41) is 0. The van der Waals surface area contributed by atoms with E-state index >= 15 is 0 Å². The van der Waals surface area contributed by atoms with Crippen LogP contribution in [-0.4, -0.2) is 28.0 Å². The standard InChI is InChI=1S/C23H28N2O4S/c1-15-12-20(13-16(2)22(15)29-3)30(27,28)24-19-8-9-21-18(14-19)10-11-25(21)23(26)17-6-4-5-7-17/h8-9,12-14,17,24H,4-7,10-11H2,1-3H3. The van der Waals surface area contributed by atoms with Crippen LogP contribution >= 0.6 is 0 Å². The van der Waals surface area contributed by atoms with Crippen LogP contribution in [0.15, 0.2) is 35.2 Å². The third-order valence-corrected chi connectivity index (χ3v) is 7.51. The number of methoxy groups -OCH3 is 1. The number of hydrogen-bond donors (Lipinski definition) is 1. The summed E-state index contributed by atoms with van der Waals surface area (Å²) in [7, 11) is -2.15. The van der Waals surface area contributed by atoms with Crippen LogP contribution in [0.3, 0.4) is 0 Å². The van der Waals surface area contributed by atoms with Crippen molar-refractivity contribution >= 4 is 27.3 Å². The predicted octanol–water partition coefficient (Wildman–Crippen LogP) is 4.19. The lowest BCUT2D eigenvalue weighted by molar-refractivity contribution is -0.122. The fraction of sp³-hybridized carbons (Fsp3) is 0.435. The number of carbonyl (C=O) groups is 1. The van der Waals surface area contributed by atoms with Gasteiger partial charge in [0.1, 0.15) is 5.75 Å². The van der Waals surface area contributed by atoms with E-state index in [1.54, 1.807) is 25.3 Å². The molecule has 1 fully saturated rings. The van der Waals surface area contributed by atoms with E-state index in [0.717, 1.165) is 54.5 Å². The predicted molar refractivity (Wildman–Crippen MR) is 118 cm³/mol. The lowest BCUT2D eigenvalue weighted by atomic mass is 10.1. The van der Waals surface area contributed by atoms with Gasteiger partial charge in [0.05, 0.1) is 12.0 Å². The number of sulfonamides is 1. The number of rotatable bonds is 5. The Hall–Kier alpha value is -2.54. The van der Waals surface area contributed by atoms with Gasteiger partial charge in [-0.05, 0) is 80.1 Å². The van der Waals surface area contributed by atoms with Crippen LogP contribution in [0.5, 0.6) is 5.75 Å². The third-order valence-electron chi connectivity index (χ3n) is 6.15. The number of aryl methyl sites for hydroxylation is 2. The number of nitrogens with zero attached hydrogens (tertiary/aromatic N) is 1. The molecule has 0 unspecified atom stereocenters. The molecule has 2 aromatic carbocycles. The molecule has 1 aliphatic carbocycles. The maximum absolute atomic E-state index is 12.9. The fourth-order valence-electron chi connectivity index (χ4n) is 4.69. The Morgan fingerprint density at radius 1 is 1.10 bits per heavy atom. The zero-order valence-corrected chi connectivity index (χ0v) is 18.5. The largest absolute Gasteiger partial charge is 0.496 e. The highest BCUT2D eigenvalue weighted by Crippen LogP contribution is 2.35. The molecule has 1 heterocycles.